The normalized spacial score (nSPS) is 15.3. The molecule has 1 aliphatic rings. The standard InChI is InChI=1S/C21H21F3N2O5S/c1-14(19(27)26-11-2-3-12-26)31-20(28)15-7-9-18(10-8-15)32(29,30)25-17-6-4-5-16(13-17)21(22,23)24/h4-10,13-14,25H,2-3,11-12H2,1H3. The summed E-state index contributed by atoms with van der Waals surface area (Å²) < 4.78 is 70.7. The van der Waals surface area contributed by atoms with E-state index in [0.29, 0.717) is 19.2 Å². The number of hydrogen-bond donors (Lipinski definition) is 1. The number of benzene rings is 2. The number of esters is 1. The maximum atomic E-state index is 12.8. The van der Waals surface area contributed by atoms with Crippen molar-refractivity contribution in [1.82, 2.24) is 4.90 Å². The van der Waals surface area contributed by atoms with Crippen LogP contribution < -0.4 is 4.72 Å². The zero-order valence-corrected chi connectivity index (χ0v) is 17.9. The van der Waals surface area contributed by atoms with E-state index < -0.39 is 33.8 Å². The van der Waals surface area contributed by atoms with Gasteiger partial charge in [-0.2, -0.15) is 13.2 Å². The predicted molar refractivity (Wildman–Crippen MR) is 109 cm³/mol. The molecule has 0 bridgehead atoms. The Labute approximate surface area is 183 Å². The molecule has 1 unspecified atom stereocenters. The third-order valence-corrected chi connectivity index (χ3v) is 6.29. The van der Waals surface area contributed by atoms with Crippen molar-refractivity contribution < 1.29 is 35.9 Å². The number of rotatable bonds is 6. The first-order valence-electron chi connectivity index (χ1n) is 9.77. The van der Waals surface area contributed by atoms with Crippen molar-refractivity contribution in [2.45, 2.75) is 36.9 Å². The topological polar surface area (TPSA) is 92.8 Å². The molecule has 11 heteroatoms. The Morgan fingerprint density at radius 3 is 2.28 bits per heavy atom. The summed E-state index contributed by atoms with van der Waals surface area (Å²) in [5.74, 6) is -1.08. The summed E-state index contributed by atoms with van der Waals surface area (Å²) in [5, 5.41) is 0. The number of hydrogen-bond acceptors (Lipinski definition) is 5. The molecule has 0 radical (unpaired) electrons. The van der Waals surface area contributed by atoms with Gasteiger partial charge >= 0.3 is 12.1 Å². The maximum Gasteiger partial charge on any atom is 0.416 e. The molecule has 1 saturated heterocycles. The summed E-state index contributed by atoms with van der Waals surface area (Å²) in [4.78, 5) is 25.9. The summed E-state index contributed by atoms with van der Waals surface area (Å²) in [6, 6.07) is 8.45. The Bertz CT molecular complexity index is 1100. The molecule has 1 amide bonds. The molecule has 1 fully saturated rings. The predicted octanol–water partition coefficient (Wildman–Crippen LogP) is 3.67. The van der Waals surface area contributed by atoms with Crippen LogP contribution in [0.2, 0.25) is 0 Å². The summed E-state index contributed by atoms with van der Waals surface area (Å²) >= 11 is 0. The number of halogens is 3. The minimum atomic E-state index is -4.61. The van der Waals surface area contributed by atoms with Crippen LogP contribution in [-0.2, 0) is 25.7 Å². The molecular weight excluding hydrogens is 449 g/mol. The van der Waals surface area contributed by atoms with Crippen molar-refractivity contribution in [3.8, 4) is 0 Å². The van der Waals surface area contributed by atoms with Gasteiger partial charge in [-0.25, -0.2) is 13.2 Å². The van der Waals surface area contributed by atoms with Gasteiger partial charge in [0.05, 0.1) is 16.0 Å². The molecule has 2 aromatic carbocycles. The van der Waals surface area contributed by atoms with E-state index in [2.05, 4.69) is 4.72 Å². The SMILES string of the molecule is CC(OC(=O)c1ccc(S(=O)(=O)Nc2cccc(C(F)(F)F)c2)cc1)C(=O)N1CCCC1. The zero-order chi connectivity index (χ0) is 23.5. The van der Waals surface area contributed by atoms with Gasteiger partial charge in [0.1, 0.15) is 0 Å². The van der Waals surface area contributed by atoms with Crippen molar-refractivity contribution >= 4 is 27.6 Å². The van der Waals surface area contributed by atoms with Crippen LogP contribution in [0.25, 0.3) is 0 Å². The lowest BCUT2D eigenvalue weighted by atomic mass is 10.2. The van der Waals surface area contributed by atoms with Gasteiger partial charge in [-0.1, -0.05) is 6.07 Å². The molecule has 0 saturated carbocycles. The van der Waals surface area contributed by atoms with Crippen LogP contribution in [0.1, 0.15) is 35.7 Å². The number of sulfonamides is 1. The molecule has 1 aliphatic heterocycles. The molecular formula is C21H21F3N2O5S. The van der Waals surface area contributed by atoms with E-state index in [0.717, 1.165) is 37.1 Å². The number of likely N-dealkylation sites (tertiary alicyclic amines) is 1. The van der Waals surface area contributed by atoms with E-state index in [4.69, 9.17) is 4.74 Å². The molecule has 1 N–H and O–H groups in total. The highest BCUT2D eigenvalue weighted by Gasteiger charge is 2.31. The molecule has 0 aromatic heterocycles. The van der Waals surface area contributed by atoms with Crippen LogP contribution in [0.15, 0.2) is 53.4 Å². The van der Waals surface area contributed by atoms with Gasteiger partial charge in [0.15, 0.2) is 6.10 Å². The van der Waals surface area contributed by atoms with Gasteiger partial charge in [0.25, 0.3) is 15.9 Å². The monoisotopic (exact) mass is 470 g/mol. The minimum absolute atomic E-state index is 0.0316. The van der Waals surface area contributed by atoms with Gasteiger partial charge in [-0.3, -0.25) is 9.52 Å². The summed E-state index contributed by atoms with van der Waals surface area (Å²) in [6.45, 7) is 2.70. The summed E-state index contributed by atoms with van der Waals surface area (Å²) in [5.41, 5.74) is -1.21. The highest BCUT2D eigenvalue weighted by atomic mass is 32.2. The first-order chi connectivity index (χ1) is 15.0. The van der Waals surface area contributed by atoms with Gasteiger partial charge in [0.2, 0.25) is 0 Å². The fourth-order valence-electron chi connectivity index (χ4n) is 3.22. The van der Waals surface area contributed by atoms with Gasteiger partial charge in [-0.05, 0) is 62.2 Å². The lowest BCUT2D eigenvalue weighted by molar-refractivity contribution is -0.138. The Morgan fingerprint density at radius 2 is 1.69 bits per heavy atom. The van der Waals surface area contributed by atoms with Crippen LogP contribution in [-0.4, -0.2) is 44.4 Å². The molecule has 32 heavy (non-hydrogen) atoms. The number of nitrogens with one attached hydrogen (secondary N) is 1. The first kappa shape index (κ1) is 23.6. The van der Waals surface area contributed by atoms with Crippen LogP contribution in [0.3, 0.4) is 0 Å². The Balaban J connectivity index is 1.67. The van der Waals surface area contributed by atoms with Crippen molar-refractivity contribution in [1.29, 1.82) is 0 Å². The Morgan fingerprint density at radius 1 is 1.06 bits per heavy atom. The van der Waals surface area contributed by atoms with E-state index in [-0.39, 0.29) is 22.1 Å². The number of ether oxygens (including phenoxy) is 1. The number of alkyl halides is 3. The van der Waals surface area contributed by atoms with Crippen molar-refractivity contribution in [3.05, 3.63) is 59.7 Å². The molecule has 172 valence electrons. The summed E-state index contributed by atoms with van der Waals surface area (Å²) in [7, 11) is -4.20. The summed E-state index contributed by atoms with van der Waals surface area (Å²) in [6.07, 6.45) is -3.79. The third kappa shape index (κ3) is 5.58. The van der Waals surface area contributed by atoms with Crippen molar-refractivity contribution in [2.75, 3.05) is 17.8 Å². The zero-order valence-electron chi connectivity index (χ0n) is 17.1. The number of amides is 1. The highest BCUT2D eigenvalue weighted by molar-refractivity contribution is 7.92. The van der Waals surface area contributed by atoms with E-state index >= 15 is 0 Å². The van der Waals surface area contributed by atoms with Gasteiger partial charge < -0.3 is 9.64 Å². The Kier molecular flexibility index (Phi) is 6.77. The van der Waals surface area contributed by atoms with Crippen molar-refractivity contribution in [3.63, 3.8) is 0 Å². The molecule has 7 nitrogen and oxygen atoms in total. The highest BCUT2D eigenvalue weighted by Crippen LogP contribution is 2.31. The Hall–Kier alpha value is -3.08. The number of anilines is 1. The third-order valence-electron chi connectivity index (χ3n) is 4.89. The molecule has 3 rings (SSSR count). The average molecular weight is 470 g/mol. The quantitative estimate of drug-likeness (QED) is 0.651. The van der Waals surface area contributed by atoms with Crippen LogP contribution in [0.4, 0.5) is 18.9 Å². The lowest BCUT2D eigenvalue weighted by Crippen LogP contribution is -2.38. The average Bonchev–Trinajstić information content (AvgIpc) is 3.27. The number of carbonyl (C=O) groups excluding carboxylic acids is 2. The van der Waals surface area contributed by atoms with Gasteiger partial charge in [-0.15, -0.1) is 0 Å². The second-order valence-electron chi connectivity index (χ2n) is 7.29. The van der Waals surface area contributed by atoms with E-state index in [9.17, 15) is 31.2 Å². The van der Waals surface area contributed by atoms with Crippen LogP contribution >= 0.6 is 0 Å². The fourth-order valence-corrected chi connectivity index (χ4v) is 4.27. The second-order valence-corrected chi connectivity index (χ2v) is 8.97. The smallest absolute Gasteiger partial charge is 0.416 e. The molecule has 0 spiro atoms. The second kappa shape index (κ2) is 9.19. The van der Waals surface area contributed by atoms with Gasteiger partial charge in [0, 0.05) is 18.8 Å². The largest absolute Gasteiger partial charge is 0.449 e. The van der Waals surface area contributed by atoms with Crippen LogP contribution in [0.5, 0.6) is 0 Å². The fraction of sp³-hybridized carbons (Fsp3) is 0.333. The van der Waals surface area contributed by atoms with Crippen molar-refractivity contribution in [2.24, 2.45) is 0 Å². The molecule has 2 aromatic rings. The maximum absolute atomic E-state index is 12.8. The minimum Gasteiger partial charge on any atom is -0.449 e. The first-order valence-corrected chi connectivity index (χ1v) is 11.3. The van der Waals surface area contributed by atoms with Crippen LogP contribution in [0, 0.1) is 0 Å². The molecule has 1 heterocycles. The number of nitrogens with zero attached hydrogens (tertiary/aromatic N) is 1. The van der Waals surface area contributed by atoms with E-state index in [1.165, 1.54) is 25.1 Å². The molecule has 0 aliphatic carbocycles. The van der Waals surface area contributed by atoms with E-state index in [1.807, 2.05) is 0 Å². The lowest BCUT2D eigenvalue weighted by Gasteiger charge is -2.20. The van der Waals surface area contributed by atoms with E-state index in [1.54, 1.807) is 4.90 Å². The molecule has 1 atom stereocenters. The number of carbonyl (C=O) groups is 2.